The summed E-state index contributed by atoms with van der Waals surface area (Å²) < 4.78 is 33.3. The molecule has 1 aliphatic heterocycles. The smallest absolute Gasteiger partial charge is 0.248 e. The number of hydrogen-bond donors (Lipinski definition) is 0. The Balaban J connectivity index is 1.70. The van der Waals surface area contributed by atoms with Crippen LogP contribution in [0.1, 0.15) is 24.8 Å². The second-order valence-corrected chi connectivity index (χ2v) is 8.66. The molecule has 0 unspecified atom stereocenters. The van der Waals surface area contributed by atoms with Gasteiger partial charge in [-0.05, 0) is 49.6 Å². The molecule has 1 aromatic heterocycles. The van der Waals surface area contributed by atoms with Gasteiger partial charge >= 0.3 is 0 Å². The summed E-state index contributed by atoms with van der Waals surface area (Å²) in [7, 11) is -3.51. The molecule has 0 atom stereocenters. The van der Waals surface area contributed by atoms with Crippen molar-refractivity contribution in [1.29, 1.82) is 0 Å². The molecule has 27 heavy (non-hydrogen) atoms. The minimum atomic E-state index is -3.51. The summed E-state index contributed by atoms with van der Waals surface area (Å²) in [4.78, 5) is 0.268. The topological polar surface area (TPSA) is 76.3 Å². The van der Waals surface area contributed by atoms with Crippen LogP contribution in [0.4, 0.5) is 0 Å². The van der Waals surface area contributed by atoms with Crippen molar-refractivity contribution in [2.75, 3.05) is 13.1 Å². The highest BCUT2D eigenvalue weighted by Gasteiger charge is 2.27. The lowest BCUT2D eigenvalue weighted by molar-refractivity contribution is 0.346. The quantitative estimate of drug-likeness (QED) is 0.683. The highest BCUT2D eigenvalue weighted by molar-refractivity contribution is 7.89. The summed E-state index contributed by atoms with van der Waals surface area (Å²) >= 11 is 0. The minimum absolute atomic E-state index is 0.268. The van der Waals surface area contributed by atoms with Crippen molar-refractivity contribution in [1.82, 2.24) is 14.5 Å². The maximum absolute atomic E-state index is 13.0. The van der Waals surface area contributed by atoms with Gasteiger partial charge in [-0.15, -0.1) is 10.2 Å². The fourth-order valence-electron chi connectivity index (χ4n) is 3.28. The van der Waals surface area contributed by atoms with Gasteiger partial charge in [0.25, 0.3) is 0 Å². The van der Waals surface area contributed by atoms with Crippen molar-refractivity contribution in [3.05, 3.63) is 54.1 Å². The molecule has 0 N–H and O–H groups in total. The molecule has 0 saturated carbocycles. The zero-order chi connectivity index (χ0) is 18.9. The molecular weight excluding hydrogens is 362 g/mol. The first-order chi connectivity index (χ1) is 13.1. The molecular formula is C20H21N3O3S. The number of sulfonamides is 1. The lowest BCUT2D eigenvalue weighted by Gasteiger charge is -2.26. The van der Waals surface area contributed by atoms with Gasteiger partial charge in [-0.25, -0.2) is 8.42 Å². The molecule has 4 rings (SSSR count). The standard InChI is InChI=1S/C20H21N3O3S/c1-15-10-11-17(27(24,25)23-12-6-3-7-13-23)14-18(15)20-22-21-19(26-20)16-8-4-2-5-9-16/h2,4-5,8-11,14H,3,6-7,12-13H2,1H3. The molecule has 0 spiro atoms. The molecule has 2 aromatic carbocycles. The SMILES string of the molecule is Cc1ccc(S(=O)(=O)N2CCCCC2)cc1-c1nnc(-c2ccccc2)o1. The van der Waals surface area contributed by atoms with Crippen molar-refractivity contribution in [2.45, 2.75) is 31.1 Å². The molecule has 140 valence electrons. The van der Waals surface area contributed by atoms with E-state index in [1.807, 2.05) is 37.3 Å². The van der Waals surface area contributed by atoms with Gasteiger partial charge in [-0.3, -0.25) is 0 Å². The number of piperidine rings is 1. The Bertz CT molecular complexity index is 1040. The Morgan fingerprint density at radius 3 is 2.37 bits per heavy atom. The second-order valence-electron chi connectivity index (χ2n) is 6.72. The first-order valence-electron chi connectivity index (χ1n) is 9.06. The lowest BCUT2D eigenvalue weighted by Crippen LogP contribution is -2.35. The van der Waals surface area contributed by atoms with E-state index in [-0.39, 0.29) is 4.90 Å². The Morgan fingerprint density at radius 1 is 0.926 bits per heavy atom. The minimum Gasteiger partial charge on any atom is -0.416 e. The average Bonchev–Trinajstić information content (AvgIpc) is 3.19. The highest BCUT2D eigenvalue weighted by atomic mass is 32.2. The Labute approximate surface area is 158 Å². The predicted molar refractivity (Wildman–Crippen MR) is 103 cm³/mol. The number of aromatic nitrogens is 2. The highest BCUT2D eigenvalue weighted by Crippen LogP contribution is 2.30. The van der Waals surface area contributed by atoms with E-state index in [4.69, 9.17) is 4.42 Å². The van der Waals surface area contributed by atoms with Gasteiger partial charge in [0.1, 0.15) is 0 Å². The van der Waals surface area contributed by atoms with Crippen LogP contribution in [0, 0.1) is 6.92 Å². The van der Waals surface area contributed by atoms with E-state index in [0.29, 0.717) is 30.4 Å². The summed E-state index contributed by atoms with van der Waals surface area (Å²) in [6, 6.07) is 14.6. The maximum Gasteiger partial charge on any atom is 0.248 e. The van der Waals surface area contributed by atoms with Crippen LogP contribution in [-0.2, 0) is 10.0 Å². The van der Waals surface area contributed by atoms with Crippen LogP contribution < -0.4 is 0 Å². The monoisotopic (exact) mass is 383 g/mol. The summed E-state index contributed by atoms with van der Waals surface area (Å²) in [6.45, 7) is 3.05. The van der Waals surface area contributed by atoms with E-state index in [1.54, 1.807) is 22.5 Å². The van der Waals surface area contributed by atoms with Crippen LogP contribution in [0.2, 0.25) is 0 Å². The van der Waals surface area contributed by atoms with Gasteiger partial charge in [-0.2, -0.15) is 4.31 Å². The van der Waals surface area contributed by atoms with Gasteiger partial charge in [0.2, 0.25) is 21.8 Å². The Kier molecular flexibility index (Phi) is 4.80. The van der Waals surface area contributed by atoms with Crippen LogP contribution in [0.5, 0.6) is 0 Å². The van der Waals surface area contributed by atoms with Crippen molar-refractivity contribution in [2.24, 2.45) is 0 Å². The molecule has 1 fully saturated rings. The average molecular weight is 383 g/mol. The first-order valence-corrected chi connectivity index (χ1v) is 10.5. The first kappa shape index (κ1) is 17.9. The van der Waals surface area contributed by atoms with Gasteiger partial charge in [-0.1, -0.05) is 30.7 Å². The van der Waals surface area contributed by atoms with Crippen LogP contribution >= 0.6 is 0 Å². The van der Waals surface area contributed by atoms with Gasteiger partial charge in [0.15, 0.2) is 0 Å². The van der Waals surface area contributed by atoms with E-state index in [0.717, 1.165) is 30.4 Å². The van der Waals surface area contributed by atoms with Gasteiger partial charge in [0, 0.05) is 24.2 Å². The lowest BCUT2D eigenvalue weighted by atomic mass is 10.1. The number of nitrogens with zero attached hydrogens (tertiary/aromatic N) is 3. The van der Waals surface area contributed by atoms with E-state index in [1.165, 1.54) is 0 Å². The number of aryl methyl sites for hydroxylation is 1. The van der Waals surface area contributed by atoms with Crippen molar-refractivity contribution >= 4 is 10.0 Å². The van der Waals surface area contributed by atoms with E-state index < -0.39 is 10.0 Å². The summed E-state index contributed by atoms with van der Waals surface area (Å²) in [5.41, 5.74) is 2.35. The predicted octanol–water partition coefficient (Wildman–Crippen LogP) is 3.89. The molecule has 1 saturated heterocycles. The van der Waals surface area contributed by atoms with Gasteiger partial charge < -0.3 is 4.42 Å². The Hall–Kier alpha value is -2.51. The van der Waals surface area contributed by atoms with Crippen LogP contribution in [0.25, 0.3) is 22.9 Å². The van der Waals surface area contributed by atoms with Crippen molar-refractivity contribution in [3.63, 3.8) is 0 Å². The molecule has 7 heteroatoms. The summed E-state index contributed by atoms with van der Waals surface area (Å²) in [5.74, 6) is 0.733. The molecule has 0 radical (unpaired) electrons. The molecule has 2 heterocycles. The molecule has 0 aliphatic carbocycles. The molecule has 6 nitrogen and oxygen atoms in total. The molecule has 0 amide bonds. The van der Waals surface area contributed by atoms with E-state index in [2.05, 4.69) is 10.2 Å². The summed E-state index contributed by atoms with van der Waals surface area (Å²) in [6.07, 6.45) is 2.89. The third kappa shape index (κ3) is 3.52. The number of hydrogen-bond acceptors (Lipinski definition) is 5. The van der Waals surface area contributed by atoms with Crippen LogP contribution in [0.3, 0.4) is 0 Å². The summed E-state index contributed by atoms with van der Waals surface area (Å²) in [5, 5.41) is 8.24. The van der Waals surface area contributed by atoms with Crippen LogP contribution in [-0.4, -0.2) is 36.0 Å². The fraction of sp³-hybridized carbons (Fsp3) is 0.300. The maximum atomic E-state index is 13.0. The second kappa shape index (κ2) is 7.25. The van der Waals surface area contributed by atoms with Crippen molar-refractivity contribution < 1.29 is 12.8 Å². The normalized spacial score (nSPS) is 15.7. The third-order valence-corrected chi connectivity index (χ3v) is 6.73. The fourth-order valence-corrected chi connectivity index (χ4v) is 4.82. The van der Waals surface area contributed by atoms with Crippen molar-refractivity contribution in [3.8, 4) is 22.9 Å². The largest absolute Gasteiger partial charge is 0.416 e. The van der Waals surface area contributed by atoms with Crippen LogP contribution in [0.15, 0.2) is 57.8 Å². The number of rotatable bonds is 4. The third-order valence-electron chi connectivity index (χ3n) is 4.84. The van der Waals surface area contributed by atoms with E-state index in [9.17, 15) is 8.42 Å². The molecule has 3 aromatic rings. The number of benzene rings is 2. The van der Waals surface area contributed by atoms with Gasteiger partial charge in [0.05, 0.1) is 4.90 Å². The Morgan fingerprint density at radius 2 is 1.63 bits per heavy atom. The molecule has 0 bridgehead atoms. The zero-order valence-electron chi connectivity index (χ0n) is 15.1. The molecule has 1 aliphatic rings. The van der Waals surface area contributed by atoms with E-state index >= 15 is 0 Å². The zero-order valence-corrected chi connectivity index (χ0v) is 15.9.